The van der Waals surface area contributed by atoms with Gasteiger partial charge in [0.2, 0.25) is 0 Å². The van der Waals surface area contributed by atoms with Crippen LogP contribution in [-0.4, -0.2) is 14.0 Å². The molecule has 9 rings (SSSR count). The first-order valence-corrected chi connectivity index (χ1v) is 16.0. The second-order valence-corrected chi connectivity index (χ2v) is 12.0. The number of aromatic nitrogens is 3. The van der Waals surface area contributed by atoms with E-state index < -0.39 is 0 Å². The predicted molar refractivity (Wildman–Crippen MR) is 192 cm³/mol. The normalized spacial score (nSPS) is 13.1. The van der Waals surface area contributed by atoms with Crippen LogP contribution in [0.1, 0.15) is 18.5 Å². The summed E-state index contributed by atoms with van der Waals surface area (Å²) < 4.78 is 4.59. The third kappa shape index (κ3) is 4.40. The van der Waals surface area contributed by atoms with Gasteiger partial charge >= 0.3 is 0 Å². The standard InChI is InChI=1S/C43H31N3/c1-3-12-31(13-4-1)42-43(45-27-10-9-20-41(45)44-42)32-23-21-30(22-24-32)33-14-11-15-34(28-33)35-25-26-38-37-18-7-8-19-39(37)46(40(38)29-35)36-16-5-2-6-17-36/h2-3,5-29H,1,4H2. The average molecular weight is 590 g/mol. The molecule has 46 heavy (non-hydrogen) atoms. The average Bonchev–Trinajstić information content (AvgIpc) is 3.69. The van der Waals surface area contributed by atoms with Crippen LogP contribution in [0.5, 0.6) is 0 Å². The summed E-state index contributed by atoms with van der Waals surface area (Å²) in [6, 6.07) is 50.2. The number of nitrogens with zero attached hydrogens (tertiary/aromatic N) is 3. The third-order valence-corrected chi connectivity index (χ3v) is 9.17. The van der Waals surface area contributed by atoms with E-state index in [0.717, 1.165) is 35.4 Å². The summed E-state index contributed by atoms with van der Waals surface area (Å²) in [5.41, 5.74) is 13.9. The van der Waals surface area contributed by atoms with Gasteiger partial charge in [-0.1, -0.05) is 115 Å². The zero-order valence-corrected chi connectivity index (χ0v) is 25.3. The van der Waals surface area contributed by atoms with Gasteiger partial charge in [0.1, 0.15) is 5.65 Å². The molecule has 0 amide bonds. The van der Waals surface area contributed by atoms with E-state index in [2.05, 4.69) is 173 Å². The maximum atomic E-state index is 5.04. The van der Waals surface area contributed by atoms with E-state index in [4.69, 9.17) is 4.98 Å². The molecule has 8 aromatic rings. The van der Waals surface area contributed by atoms with Crippen LogP contribution in [0.25, 0.3) is 72.2 Å². The van der Waals surface area contributed by atoms with Crippen molar-refractivity contribution in [3.8, 4) is 39.2 Å². The molecular formula is C43H31N3. The van der Waals surface area contributed by atoms with Crippen LogP contribution in [0.4, 0.5) is 0 Å². The smallest absolute Gasteiger partial charge is 0.137 e. The molecule has 0 N–H and O–H groups in total. The maximum absolute atomic E-state index is 5.04. The van der Waals surface area contributed by atoms with Crippen LogP contribution in [0, 0.1) is 0 Å². The number of allylic oxidation sites excluding steroid dienone is 4. The van der Waals surface area contributed by atoms with Crippen LogP contribution < -0.4 is 0 Å². The number of rotatable bonds is 5. The van der Waals surface area contributed by atoms with E-state index in [9.17, 15) is 0 Å². The summed E-state index contributed by atoms with van der Waals surface area (Å²) >= 11 is 0. The second-order valence-electron chi connectivity index (χ2n) is 12.0. The molecule has 0 saturated carbocycles. The Morgan fingerprint density at radius 1 is 0.522 bits per heavy atom. The van der Waals surface area contributed by atoms with E-state index in [1.807, 2.05) is 0 Å². The molecule has 1 aliphatic carbocycles. The Kier molecular flexibility index (Phi) is 6.27. The molecule has 0 radical (unpaired) electrons. The molecule has 0 fully saturated rings. The minimum absolute atomic E-state index is 0.965. The molecule has 3 heteroatoms. The quantitative estimate of drug-likeness (QED) is 0.196. The third-order valence-electron chi connectivity index (χ3n) is 9.17. The van der Waals surface area contributed by atoms with E-state index in [1.54, 1.807) is 0 Å². The Morgan fingerprint density at radius 3 is 2.09 bits per heavy atom. The Balaban J connectivity index is 1.11. The Bertz CT molecular complexity index is 2450. The Morgan fingerprint density at radius 2 is 1.24 bits per heavy atom. The fourth-order valence-electron chi connectivity index (χ4n) is 6.97. The van der Waals surface area contributed by atoms with E-state index in [-0.39, 0.29) is 0 Å². The molecule has 0 spiro atoms. The van der Waals surface area contributed by atoms with Crippen molar-refractivity contribution < 1.29 is 0 Å². The molecule has 5 aromatic carbocycles. The lowest BCUT2D eigenvalue weighted by atomic mass is 9.96. The van der Waals surface area contributed by atoms with Gasteiger partial charge in [-0.15, -0.1) is 0 Å². The molecule has 0 aliphatic heterocycles. The van der Waals surface area contributed by atoms with Crippen molar-refractivity contribution in [1.82, 2.24) is 14.0 Å². The van der Waals surface area contributed by atoms with Gasteiger partial charge in [-0.25, -0.2) is 4.98 Å². The number of pyridine rings is 1. The molecule has 218 valence electrons. The highest BCUT2D eigenvalue weighted by molar-refractivity contribution is 6.10. The Labute approximate surface area is 268 Å². The molecule has 0 bridgehead atoms. The lowest BCUT2D eigenvalue weighted by Gasteiger charge is -2.11. The van der Waals surface area contributed by atoms with Gasteiger partial charge < -0.3 is 4.57 Å². The van der Waals surface area contributed by atoms with Crippen LogP contribution in [0.3, 0.4) is 0 Å². The molecule has 3 nitrogen and oxygen atoms in total. The van der Waals surface area contributed by atoms with E-state index >= 15 is 0 Å². The first-order chi connectivity index (χ1) is 22.8. The fraction of sp³-hybridized carbons (Fsp3) is 0.0465. The van der Waals surface area contributed by atoms with Crippen LogP contribution in [0.2, 0.25) is 0 Å². The second kappa shape index (κ2) is 10.9. The number of benzene rings is 5. The van der Waals surface area contributed by atoms with Crippen molar-refractivity contribution >= 4 is 33.0 Å². The SMILES string of the molecule is C1=CC(c2nc3ccccn3c2-c2ccc(-c3cccc(-c4ccc5c6ccccc6n(-c6ccccc6)c5c4)c3)cc2)=CCC1. The number of hydrogen-bond donors (Lipinski definition) is 0. The molecular weight excluding hydrogens is 558 g/mol. The van der Waals surface area contributed by atoms with Crippen LogP contribution in [0.15, 0.2) is 164 Å². The van der Waals surface area contributed by atoms with Crippen molar-refractivity contribution in [2.45, 2.75) is 12.8 Å². The van der Waals surface area contributed by atoms with Crippen molar-refractivity contribution in [3.05, 3.63) is 170 Å². The van der Waals surface area contributed by atoms with Gasteiger partial charge in [-0.3, -0.25) is 4.40 Å². The summed E-state index contributed by atoms with van der Waals surface area (Å²) in [6.45, 7) is 0. The Hall–Kier alpha value is -5.93. The minimum atomic E-state index is 0.965. The topological polar surface area (TPSA) is 22.2 Å². The number of fused-ring (bicyclic) bond motifs is 4. The van der Waals surface area contributed by atoms with Crippen LogP contribution in [-0.2, 0) is 0 Å². The largest absolute Gasteiger partial charge is 0.309 e. The fourth-order valence-corrected chi connectivity index (χ4v) is 6.97. The first kappa shape index (κ1) is 26.5. The summed E-state index contributed by atoms with van der Waals surface area (Å²) in [5, 5.41) is 2.54. The first-order valence-electron chi connectivity index (χ1n) is 16.0. The molecule has 0 saturated heterocycles. The highest BCUT2D eigenvalue weighted by atomic mass is 15.0. The molecule has 3 aromatic heterocycles. The van der Waals surface area contributed by atoms with E-state index in [0.29, 0.717) is 0 Å². The summed E-state index contributed by atoms with van der Waals surface area (Å²) in [4.78, 5) is 5.04. The van der Waals surface area contributed by atoms with Crippen molar-refractivity contribution in [2.24, 2.45) is 0 Å². The highest BCUT2D eigenvalue weighted by Crippen LogP contribution is 2.37. The van der Waals surface area contributed by atoms with Gasteiger partial charge in [0, 0.05) is 28.2 Å². The maximum Gasteiger partial charge on any atom is 0.137 e. The number of para-hydroxylation sites is 2. The van der Waals surface area contributed by atoms with Gasteiger partial charge in [0.25, 0.3) is 0 Å². The van der Waals surface area contributed by atoms with Gasteiger partial charge in [-0.2, -0.15) is 0 Å². The van der Waals surface area contributed by atoms with Gasteiger partial charge in [0.05, 0.1) is 22.4 Å². The summed E-state index contributed by atoms with van der Waals surface area (Å²) in [6.07, 6.45) is 11.0. The lowest BCUT2D eigenvalue weighted by Crippen LogP contribution is -1.93. The number of imidazole rings is 1. The minimum Gasteiger partial charge on any atom is -0.309 e. The molecule has 3 heterocycles. The molecule has 0 atom stereocenters. The van der Waals surface area contributed by atoms with Crippen molar-refractivity contribution in [1.29, 1.82) is 0 Å². The monoisotopic (exact) mass is 589 g/mol. The zero-order valence-electron chi connectivity index (χ0n) is 25.3. The van der Waals surface area contributed by atoms with Crippen molar-refractivity contribution in [3.63, 3.8) is 0 Å². The number of hydrogen-bond acceptors (Lipinski definition) is 1. The highest BCUT2D eigenvalue weighted by Gasteiger charge is 2.18. The lowest BCUT2D eigenvalue weighted by molar-refractivity contribution is 1.04. The van der Waals surface area contributed by atoms with E-state index in [1.165, 1.54) is 55.3 Å². The zero-order chi connectivity index (χ0) is 30.5. The predicted octanol–water partition coefficient (Wildman–Crippen LogP) is 11.2. The van der Waals surface area contributed by atoms with Gasteiger partial charge in [0.15, 0.2) is 0 Å². The van der Waals surface area contributed by atoms with Crippen molar-refractivity contribution in [2.75, 3.05) is 0 Å². The molecule has 0 unspecified atom stereocenters. The summed E-state index contributed by atoms with van der Waals surface area (Å²) in [7, 11) is 0. The van der Waals surface area contributed by atoms with Crippen LogP contribution >= 0.6 is 0 Å². The molecule has 1 aliphatic rings. The van der Waals surface area contributed by atoms with Gasteiger partial charge in [-0.05, 0) is 83.1 Å². The summed E-state index contributed by atoms with van der Waals surface area (Å²) in [5.74, 6) is 0.